The Labute approximate surface area is 290 Å². The highest BCUT2D eigenvalue weighted by Crippen LogP contribution is 2.30. The number of ether oxygens (including phenoxy) is 6. The standard InChI is InChI=1S/C28H50N2O21/c1-8(35)29-10(3-31)24(50-27-22(44)20(42)17(39)12(4-32)47-27)16(38)11(37)7-46-26-15(30-9(2)36)19(41)25(14(6-34)49-26)51-28-23(45)21(43)18(40)13(5-33)48-28/h10-28,31-34,37-45H,3-7H2,1-2H3,(H,29,35)(H,30,36)/t10-,11+,12+,13+,14+,15+,16-,17-,18-,19+,20-,21-,22+,23+,24-,25+,26+,27-,28-/m0/s1. The number of carbonyl (C=O) groups excluding carboxylic acids is 2. The first-order valence-corrected chi connectivity index (χ1v) is 16.0. The number of hydrogen-bond acceptors (Lipinski definition) is 21. The lowest BCUT2D eigenvalue weighted by Gasteiger charge is -2.47. The van der Waals surface area contributed by atoms with Crippen LogP contribution in [-0.2, 0) is 38.0 Å². The molecular weight excluding hydrogens is 700 g/mol. The average Bonchev–Trinajstić information content (AvgIpc) is 3.09. The van der Waals surface area contributed by atoms with Crippen LogP contribution >= 0.6 is 0 Å². The lowest BCUT2D eigenvalue weighted by atomic mass is 9.95. The minimum Gasteiger partial charge on any atom is -0.394 e. The summed E-state index contributed by atoms with van der Waals surface area (Å²) in [6.07, 6.45) is -30.3. The van der Waals surface area contributed by atoms with Gasteiger partial charge in [0.05, 0.1) is 39.1 Å². The van der Waals surface area contributed by atoms with Crippen LogP contribution in [0.2, 0.25) is 0 Å². The maximum absolute atomic E-state index is 12.1. The Kier molecular flexibility index (Phi) is 16.7. The molecule has 0 bridgehead atoms. The van der Waals surface area contributed by atoms with Crippen molar-refractivity contribution in [1.82, 2.24) is 10.6 Å². The van der Waals surface area contributed by atoms with Crippen LogP contribution in [0, 0.1) is 0 Å². The zero-order valence-corrected chi connectivity index (χ0v) is 27.6. The number of aliphatic hydroxyl groups is 13. The summed E-state index contributed by atoms with van der Waals surface area (Å²) < 4.78 is 33.0. The number of carbonyl (C=O) groups is 2. The second-order valence-electron chi connectivity index (χ2n) is 12.4. The molecule has 0 aromatic rings. The molecule has 0 aromatic heterocycles. The van der Waals surface area contributed by atoms with Crippen LogP contribution in [0.1, 0.15) is 13.8 Å². The number of aliphatic hydroxyl groups excluding tert-OH is 13. The number of amides is 2. The SMILES string of the molecule is CC(=O)N[C@H]1[C@H](OC[C@@H](O)[C@H](O)[C@@H](O[C@@H]2O[C@H](CO)[C@H](O)[C@H](O)[C@H]2O)[C@H](CO)NC(C)=O)O[C@H](CO)[C@@H](O[C@@H]2O[C@H](CO)[C@H](O)[C@H](O)[C@H]2O)[C@@H]1O. The molecule has 51 heavy (non-hydrogen) atoms. The Morgan fingerprint density at radius 3 is 1.67 bits per heavy atom. The van der Waals surface area contributed by atoms with E-state index in [0.29, 0.717) is 0 Å². The molecule has 0 aliphatic carbocycles. The predicted molar refractivity (Wildman–Crippen MR) is 159 cm³/mol. The second kappa shape index (κ2) is 19.5. The largest absolute Gasteiger partial charge is 0.394 e. The fraction of sp³-hybridized carbons (Fsp3) is 0.929. The Hall–Kier alpha value is -1.82. The van der Waals surface area contributed by atoms with Crippen molar-refractivity contribution >= 4 is 11.8 Å². The van der Waals surface area contributed by atoms with Crippen LogP contribution in [0.15, 0.2) is 0 Å². The summed E-state index contributed by atoms with van der Waals surface area (Å²) in [5.41, 5.74) is 0. The highest BCUT2D eigenvalue weighted by Gasteiger charge is 2.52. The van der Waals surface area contributed by atoms with E-state index in [1.54, 1.807) is 0 Å². The molecule has 0 spiro atoms. The van der Waals surface area contributed by atoms with Crippen LogP contribution < -0.4 is 10.6 Å². The first-order chi connectivity index (χ1) is 24.0. The molecule has 3 aliphatic rings. The van der Waals surface area contributed by atoms with E-state index < -0.39 is 161 Å². The van der Waals surface area contributed by atoms with Crippen LogP contribution in [0.5, 0.6) is 0 Å². The zero-order chi connectivity index (χ0) is 38.3. The van der Waals surface area contributed by atoms with E-state index in [4.69, 9.17) is 28.4 Å². The number of hydrogen-bond donors (Lipinski definition) is 15. The molecule has 0 aromatic carbocycles. The second-order valence-corrected chi connectivity index (χ2v) is 12.4. The molecule has 0 saturated carbocycles. The van der Waals surface area contributed by atoms with E-state index in [9.17, 15) is 76.0 Å². The summed E-state index contributed by atoms with van der Waals surface area (Å²) in [5, 5.41) is 138. The normalized spacial score (nSPS) is 41.3. The van der Waals surface area contributed by atoms with Crippen molar-refractivity contribution in [2.24, 2.45) is 0 Å². The van der Waals surface area contributed by atoms with Crippen molar-refractivity contribution in [2.75, 3.05) is 33.0 Å². The van der Waals surface area contributed by atoms with Gasteiger partial charge in [-0.05, 0) is 0 Å². The highest BCUT2D eigenvalue weighted by molar-refractivity contribution is 5.73. The Morgan fingerprint density at radius 2 is 1.18 bits per heavy atom. The van der Waals surface area contributed by atoms with Gasteiger partial charge in [0.1, 0.15) is 91.5 Å². The van der Waals surface area contributed by atoms with Gasteiger partial charge in [-0.15, -0.1) is 0 Å². The summed E-state index contributed by atoms with van der Waals surface area (Å²) in [6.45, 7) is -2.22. The van der Waals surface area contributed by atoms with Gasteiger partial charge < -0.3 is 105 Å². The molecule has 0 unspecified atom stereocenters. The van der Waals surface area contributed by atoms with Crippen LogP contribution in [0.3, 0.4) is 0 Å². The monoisotopic (exact) mass is 750 g/mol. The summed E-state index contributed by atoms with van der Waals surface area (Å²) in [5.74, 6) is -1.47. The minimum atomic E-state index is -2.12. The van der Waals surface area contributed by atoms with Crippen molar-refractivity contribution in [3.8, 4) is 0 Å². The third kappa shape index (κ3) is 10.4. The van der Waals surface area contributed by atoms with E-state index in [1.807, 2.05) is 0 Å². The van der Waals surface area contributed by atoms with Crippen molar-refractivity contribution in [3.05, 3.63) is 0 Å². The average molecular weight is 751 g/mol. The maximum atomic E-state index is 12.1. The third-order valence-corrected chi connectivity index (χ3v) is 8.65. The van der Waals surface area contributed by atoms with Gasteiger partial charge in [-0.1, -0.05) is 0 Å². The first-order valence-electron chi connectivity index (χ1n) is 16.0. The molecule has 23 heteroatoms. The molecule has 3 aliphatic heterocycles. The van der Waals surface area contributed by atoms with Gasteiger partial charge in [-0.3, -0.25) is 9.59 Å². The summed E-state index contributed by atoms with van der Waals surface area (Å²) >= 11 is 0. The summed E-state index contributed by atoms with van der Waals surface area (Å²) in [4.78, 5) is 23.9. The zero-order valence-electron chi connectivity index (χ0n) is 27.6. The molecule has 3 fully saturated rings. The van der Waals surface area contributed by atoms with Gasteiger partial charge in [0.25, 0.3) is 0 Å². The van der Waals surface area contributed by atoms with Gasteiger partial charge in [0.2, 0.25) is 11.8 Å². The van der Waals surface area contributed by atoms with E-state index in [2.05, 4.69) is 10.6 Å². The van der Waals surface area contributed by atoms with Gasteiger partial charge in [0, 0.05) is 13.8 Å². The van der Waals surface area contributed by atoms with Gasteiger partial charge in [-0.25, -0.2) is 0 Å². The van der Waals surface area contributed by atoms with Gasteiger partial charge >= 0.3 is 0 Å². The first kappa shape index (κ1) is 43.6. The van der Waals surface area contributed by atoms with Crippen molar-refractivity contribution in [3.63, 3.8) is 0 Å². The molecule has 3 rings (SSSR count). The number of rotatable bonds is 16. The minimum absolute atomic E-state index is 0.729. The van der Waals surface area contributed by atoms with E-state index in [0.717, 1.165) is 13.8 Å². The quantitative estimate of drug-likeness (QED) is 0.0696. The van der Waals surface area contributed by atoms with Crippen molar-refractivity contribution in [1.29, 1.82) is 0 Å². The molecule has 23 nitrogen and oxygen atoms in total. The maximum Gasteiger partial charge on any atom is 0.217 e. The molecule has 2 amide bonds. The van der Waals surface area contributed by atoms with Gasteiger partial charge in [-0.2, -0.15) is 0 Å². The van der Waals surface area contributed by atoms with E-state index in [1.165, 1.54) is 0 Å². The fourth-order valence-electron chi connectivity index (χ4n) is 5.85. The Bertz CT molecular complexity index is 1090. The van der Waals surface area contributed by atoms with E-state index >= 15 is 0 Å². The molecule has 3 saturated heterocycles. The smallest absolute Gasteiger partial charge is 0.217 e. The number of nitrogens with one attached hydrogen (secondary N) is 2. The molecule has 298 valence electrons. The van der Waals surface area contributed by atoms with E-state index in [-0.39, 0.29) is 0 Å². The molecule has 3 heterocycles. The van der Waals surface area contributed by atoms with Crippen LogP contribution in [0.4, 0.5) is 0 Å². The lowest BCUT2D eigenvalue weighted by Crippen LogP contribution is -2.67. The Morgan fingerprint density at radius 1 is 0.667 bits per heavy atom. The lowest BCUT2D eigenvalue weighted by molar-refractivity contribution is -0.349. The van der Waals surface area contributed by atoms with Crippen molar-refractivity contribution in [2.45, 2.75) is 130 Å². The van der Waals surface area contributed by atoms with Crippen LogP contribution in [-0.4, -0.2) is 228 Å². The molecular formula is C28H50N2O21. The topological polar surface area (TPSA) is 377 Å². The fourth-order valence-corrected chi connectivity index (χ4v) is 5.85. The summed E-state index contributed by atoms with van der Waals surface area (Å²) in [6, 6.07) is -3.05. The Balaban J connectivity index is 1.79. The van der Waals surface area contributed by atoms with Crippen LogP contribution in [0.25, 0.3) is 0 Å². The highest BCUT2D eigenvalue weighted by atomic mass is 16.7. The molecule has 15 N–H and O–H groups in total. The predicted octanol–water partition coefficient (Wildman–Crippen LogP) is -9.83. The van der Waals surface area contributed by atoms with Gasteiger partial charge in [0.15, 0.2) is 18.9 Å². The summed E-state index contributed by atoms with van der Waals surface area (Å²) in [7, 11) is 0. The molecule has 0 radical (unpaired) electrons. The third-order valence-electron chi connectivity index (χ3n) is 8.65. The molecule has 19 atom stereocenters. The van der Waals surface area contributed by atoms with Crippen molar-refractivity contribution < 1.29 is 104 Å².